The van der Waals surface area contributed by atoms with Crippen LogP contribution in [-0.4, -0.2) is 171 Å². The second-order valence-electron chi connectivity index (χ2n) is 22.3. The number of aromatic nitrogens is 4. The summed E-state index contributed by atoms with van der Waals surface area (Å²) in [6.07, 6.45) is 15.7. The first-order valence-corrected chi connectivity index (χ1v) is 31.9. The van der Waals surface area contributed by atoms with Gasteiger partial charge in [-0.1, -0.05) is 59.8 Å². The lowest BCUT2D eigenvalue weighted by Gasteiger charge is -2.33. The summed E-state index contributed by atoms with van der Waals surface area (Å²) in [6, 6.07) is 31.2. The maximum atomic E-state index is 12.0. The fourth-order valence-corrected chi connectivity index (χ4v) is 10.3. The van der Waals surface area contributed by atoms with Crippen molar-refractivity contribution in [2.45, 2.75) is 102 Å². The molecule has 2 aromatic carbocycles. The van der Waals surface area contributed by atoms with Crippen LogP contribution < -0.4 is 41.5 Å². The molecule has 6 aromatic rings. The van der Waals surface area contributed by atoms with Crippen LogP contribution >= 0.6 is 11.6 Å². The maximum absolute atomic E-state index is 12.0. The van der Waals surface area contributed by atoms with Crippen molar-refractivity contribution in [1.29, 1.82) is 0 Å². The summed E-state index contributed by atoms with van der Waals surface area (Å²) in [5, 5.41) is 81.8. The number of nitrogens with two attached hydrogens (primary N) is 1. The van der Waals surface area contributed by atoms with Crippen LogP contribution in [0.1, 0.15) is 75.3 Å². The van der Waals surface area contributed by atoms with Gasteiger partial charge >= 0.3 is 42.8 Å². The Balaban J connectivity index is 0.000000214. The molecule has 33 heteroatoms. The molecule has 5 aliphatic rings. The number of benzene rings is 2. The molecular weight excluding hydrogens is 1270 g/mol. The lowest BCUT2D eigenvalue weighted by molar-refractivity contribution is -0.385. The number of aliphatic carboxylic acids is 1. The molecule has 0 radical (unpaired) electrons. The van der Waals surface area contributed by atoms with E-state index in [2.05, 4.69) is 58.8 Å². The van der Waals surface area contributed by atoms with E-state index in [9.17, 15) is 55.1 Å². The minimum Gasteiger partial charge on any atom is -0.472 e. The highest BCUT2D eigenvalue weighted by atomic mass is 35.5. The van der Waals surface area contributed by atoms with Crippen molar-refractivity contribution in [2.75, 3.05) is 80.3 Å². The number of hydrogen-bond donors (Lipinski definition) is 8. The lowest BCUT2D eigenvalue weighted by atomic mass is 9.85. The van der Waals surface area contributed by atoms with Crippen LogP contribution in [0.5, 0.6) is 0 Å². The largest absolute Gasteiger partial charge is 0.472 e. The molecule has 11 rings (SSSR count). The first-order valence-electron chi connectivity index (χ1n) is 31.6. The third-order valence-corrected chi connectivity index (χ3v) is 15.2. The van der Waals surface area contributed by atoms with Gasteiger partial charge in [0.1, 0.15) is 0 Å². The molecule has 0 atom stereocenters. The summed E-state index contributed by atoms with van der Waals surface area (Å²) in [4.78, 5) is 84.9. The van der Waals surface area contributed by atoms with Gasteiger partial charge in [0.05, 0.1) is 19.7 Å². The number of carboxylic acid groups (broad SMARTS) is 1. The van der Waals surface area contributed by atoms with E-state index in [-0.39, 0.29) is 59.0 Å². The van der Waals surface area contributed by atoms with E-state index in [1.165, 1.54) is 49.4 Å². The van der Waals surface area contributed by atoms with E-state index in [1.54, 1.807) is 62.6 Å². The van der Waals surface area contributed by atoms with Gasteiger partial charge in [0, 0.05) is 149 Å². The zero-order chi connectivity index (χ0) is 70.3. The third-order valence-electron chi connectivity index (χ3n) is 14.9. The highest BCUT2D eigenvalue weighted by Crippen LogP contribution is 2.30. The number of hydrogen-bond acceptors (Lipinski definition) is 24. The van der Waals surface area contributed by atoms with Crippen molar-refractivity contribution < 1.29 is 49.2 Å². The Kier molecular flexibility index (Phi) is 34.8. The van der Waals surface area contributed by atoms with Crippen molar-refractivity contribution in [3.63, 3.8) is 0 Å². The number of piperidine rings is 4. The number of halogens is 1. The number of ether oxygens (including phenoxy) is 1. The number of nitrogens with zero attached hydrogens (tertiary/aromatic N) is 11. The number of pyridine rings is 4. The summed E-state index contributed by atoms with van der Waals surface area (Å²) < 4.78 is 4.94. The van der Waals surface area contributed by atoms with Crippen molar-refractivity contribution >= 4 is 77.8 Å². The second kappa shape index (κ2) is 43.3. The molecule has 0 spiro atoms. The van der Waals surface area contributed by atoms with E-state index < -0.39 is 32.7 Å². The molecule has 5 saturated heterocycles. The average molecular weight is 1360 g/mol. The van der Waals surface area contributed by atoms with Gasteiger partial charge in [0.2, 0.25) is 22.6 Å². The zero-order valence-electron chi connectivity index (χ0n) is 54.0. The predicted molar refractivity (Wildman–Crippen MR) is 371 cm³/mol. The highest BCUT2D eigenvalue weighted by molar-refractivity contribution is 6.45. The molecule has 4 aromatic heterocycles. The Hall–Kier alpha value is -9.76. The fourth-order valence-electron chi connectivity index (χ4n) is 10.1. The summed E-state index contributed by atoms with van der Waals surface area (Å²) >= 11 is 5.37. The number of nitrogens with one attached hydrogen (secondary N) is 4. The van der Waals surface area contributed by atoms with Crippen LogP contribution in [0.2, 0.25) is 18.8 Å². The summed E-state index contributed by atoms with van der Waals surface area (Å²) in [5.41, 5.74) is 7.26. The Labute approximate surface area is 568 Å². The van der Waals surface area contributed by atoms with Crippen molar-refractivity contribution in [1.82, 2.24) is 41.0 Å². The zero-order valence-corrected chi connectivity index (χ0v) is 54.8. The maximum Gasteiger partial charge on any atom is 0.382 e. The van der Waals surface area contributed by atoms with Gasteiger partial charge in [-0.3, -0.25) is 45.3 Å². The Morgan fingerprint density at radius 2 is 0.907 bits per heavy atom. The number of anilines is 3. The van der Waals surface area contributed by atoms with Crippen LogP contribution in [0.4, 0.5) is 40.2 Å². The third kappa shape index (κ3) is 29.8. The van der Waals surface area contributed by atoms with Crippen LogP contribution in [0.3, 0.4) is 0 Å². The topological polar surface area (TPSA) is 412 Å². The minimum atomic E-state index is -1.10. The first kappa shape index (κ1) is 77.9. The van der Waals surface area contributed by atoms with Crippen LogP contribution in [0, 0.1) is 64.1 Å². The predicted octanol–water partition coefficient (Wildman–Crippen LogP) is 6.70. The standard InChI is InChI=1S/C19H18N4O3.C11H17BN4O3.C10H14N4O2.C9H6O2.C6H15BN2O.C5H3ClN2O2.C4H8O/c24-18(9-8-15-5-2-1-3-6-15)21-16-10-13-22(14-11-16)19-17(23(25)26)7-4-12-20-19;1-12(17)14-9-4-7-15(8-5-9)11-10(16(18)19)3-2-6-13-11;11-8-3-6-13(7-4-8)10-9(14(15)16)2-1-5-12-10;10-9(11)7-6-8-4-2-1-3-5-8;1-7(10)9-6-2-4-8-5-3-6;6-5-4(8(9)10)2-1-3-7-5;1-2-4-5-3-1/h1-7,12,16H,10-11,13-14H2,(H,21,24);2-3,6,9,14,17H,4-5,7-8H2,1H3;1-2,5,8H,3-4,6-7,11H2;1-5H,(H,10,11);6,8-10H,2-5H2,1H3;1-3H;1-4H2. The molecule has 30 nitrogen and oxygen atoms in total. The average Bonchev–Trinajstić information content (AvgIpc) is 1.01. The molecule has 0 aliphatic carbocycles. The van der Waals surface area contributed by atoms with Crippen molar-refractivity contribution in [3.05, 3.63) is 191 Å². The van der Waals surface area contributed by atoms with Gasteiger partial charge in [-0.25, -0.2) is 24.7 Å². The second-order valence-corrected chi connectivity index (χ2v) is 22.6. The van der Waals surface area contributed by atoms with Gasteiger partial charge in [0.25, 0.3) is 5.91 Å². The summed E-state index contributed by atoms with van der Waals surface area (Å²) in [5.74, 6) is 9.81. The molecular formula is C64H81B2ClN16O14. The summed E-state index contributed by atoms with van der Waals surface area (Å²) in [6.45, 7) is 11.7. The van der Waals surface area contributed by atoms with Gasteiger partial charge in [0.15, 0.2) is 0 Å². The molecule has 9 heterocycles. The molecule has 5 aliphatic heterocycles. The van der Waals surface area contributed by atoms with Crippen LogP contribution in [-0.2, 0) is 14.3 Å². The molecule has 514 valence electrons. The number of carbonyl (C=O) groups is 2. The van der Waals surface area contributed by atoms with Gasteiger partial charge in [-0.15, -0.1) is 0 Å². The number of carbonyl (C=O) groups excluding carboxylic acids is 1. The molecule has 0 bridgehead atoms. The Bertz CT molecular complexity index is 3540. The Morgan fingerprint density at radius 1 is 0.546 bits per heavy atom. The monoisotopic (exact) mass is 1350 g/mol. The van der Waals surface area contributed by atoms with E-state index >= 15 is 0 Å². The number of amides is 1. The quantitative estimate of drug-likeness (QED) is 0.0207. The molecule has 0 saturated carbocycles. The van der Waals surface area contributed by atoms with Crippen LogP contribution in [0.25, 0.3) is 0 Å². The molecule has 0 unspecified atom stereocenters. The van der Waals surface area contributed by atoms with E-state index in [0.29, 0.717) is 62.5 Å². The first-order chi connectivity index (χ1) is 46.7. The molecule has 5 fully saturated rings. The fraction of sp³-hybridized carbons (Fsp3) is 0.406. The highest BCUT2D eigenvalue weighted by Gasteiger charge is 2.29. The van der Waals surface area contributed by atoms with Crippen molar-refractivity contribution in [2.24, 2.45) is 5.73 Å². The van der Waals surface area contributed by atoms with Crippen molar-refractivity contribution in [3.8, 4) is 23.7 Å². The normalized spacial score (nSPS) is 15.2. The number of nitro groups is 4. The van der Waals surface area contributed by atoms with Crippen LogP contribution in [0.15, 0.2) is 134 Å². The number of carboxylic acids is 1. The smallest absolute Gasteiger partial charge is 0.382 e. The van der Waals surface area contributed by atoms with E-state index in [1.807, 2.05) is 69.2 Å². The lowest BCUT2D eigenvalue weighted by Crippen LogP contribution is -2.47. The molecule has 1 amide bonds. The van der Waals surface area contributed by atoms with Gasteiger partial charge in [-0.2, -0.15) is 0 Å². The van der Waals surface area contributed by atoms with E-state index in [0.717, 1.165) is 89.0 Å². The van der Waals surface area contributed by atoms with Gasteiger partial charge < -0.3 is 61.4 Å². The molecule has 97 heavy (non-hydrogen) atoms. The Morgan fingerprint density at radius 3 is 1.26 bits per heavy atom. The van der Waals surface area contributed by atoms with Gasteiger partial charge in [-0.05, 0) is 139 Å². The van der Waals surface area contributed by atoms with E-state index in [4.69, 9.17) is 32.2 Å². The number of rotatable bonds is 12. The minimum absolute atomic E-state index is 0.00344. The molecule has 9 N–H and O–H groups in total. The summed E-state index contributed by atoms with van der Waals surface area (Å²) in [7, 11) is -0.885. The SMILES string of the molecule is C1CCOC1.CB(O)NC1CCN(c2ncccc2[N+](=O)[O-])CC1.CB(O)NC1CCNCC1.NC1CCN(c2ncccc2[N+](=O)[O-])CC1.O=C(C#Cc1ccccc1)NC1CCN(c2ncccc2[N+](=O)[O-])CC1.O=C(O)C#Cc1ccccc1.O=[N+]([O-])c1cccnc1Cl.